The van der Waals surface area contributed by atoms with E-state index in [1.165, 1.54) is 9.75 Å². The molecule has 2 aliphatic rings. The molecule has 3 heterocycles. The SMILES string of the molecule is Brc1cc2c(s1)-c1sc(Br)cc1C21OCCCO1. The molecule has 1 spiro atoms. The van der Waals surface area contributed by atoms with Crippen LogP contribution in [-0.4, -0.2) is 13.2 Å². The van der Waals surface area contributed by atoms with E-state index < -0.39 is 5.79 Å². The summed E-state index contributed by atoms with van der Waals surface area (Å²) in [6, 6.07) is 4.26. The van der Waals surface area contributed by atoms with Crippen molar-refractivity contribution >= 4 is 54.5 Å². The smallest absolute Gasteiger partial charge is 0.225 e. The van der Waals surface area contributed by atoms with E-state index in [1.54, 1.807) is 22.7 Å². The fourth-order valence-electron chi connectivity index (χ4n) is 2.54. The van der Waals surface area contributed by atoms with Crippen molar-refractivity contribution < 1.29 is 9.47 Å². The Balaban J connectivity index is 2.01. The third-order valence-electron chi connectivity index (χ3n) is 3.22. The fraction of sp³-hybridized carbons (Fsp3) is 0.333. The number of thiophene rings is 2. The molecule has 1 aliphatic carbocycles. The topological polar surface area (TPSA) is 18.5 Å². The first kappa shape index (κ1) is 12.1. The standard InChI is InChI=1S/C12H8Br2O2S2/c13-8-4-6-10(17-8)11-7(5-9(14)18-11)12(6)15-2-1-3-16-12/h4-5H,1-3H2. The molecule has 0 atom stereocenters. The molecule has 1 saturated heterocycles. The molecular weight excluding hydrogens is 400 g/mol. The Morgan fingerprint density at radius 1 is 0.944 bits per heavy atom. The van der Waals surface area contributed by atoms with E-state index in [0.717, 1.165) is 38.3 Å². The first-order valence-corrected chi connectivity index (χ1v) is 8.80. The second kappa shape index (κ2) is 4.14. The van der Waals surface area contributed by atoms with Crippen LogP contribution in [0, 0.1) is 0 Å². The van der Waals surface area contributed by atoms with Crippen molar-refractivity contribution in [3.8, 4) is 9.75 Å². The number of ether oxygens (including phenoxy) is 2. The van der Waals surface area contributed by atoms with Gasteiger partial charge in [0.2, 0.25) is 5.79 Å². The summed E-state index contributed by atoms with van der Waals surface area (Å²) in [7, 11) is 0. The molecule has 0 N–H and O–H groups in total. The highest BCUT2D eigenvalue weighted by Crippen LogP contribution is 2.58. The Hall–Kier alpha value is 0.280. The van der Waals surface area contributed by atoms with Gasteiger partial charge in [-0.1, -0.05) is 0 Å². The quantitative estimate of drug-likeness (QED) is 0.614. The number of fused-ring (bicyclic) bond motifs is 5. The van der Waals surface area contributed by atoms with Crippen molar-refractivity contribution in [2.75, 3.05) is 13.2 Å². The van der Waals surface area contributed by atoms with Crippen LogP contribution in [0.1, 0.15) is 17.5 Å². The molecule has 1 fully saturated rings. The lowest BCUT2D eigenvalue weighted by Crippen LogP contribution is -2.36. The van der Waals surface area contributed by atoms with Crippen LogP contribution in [0.3, 0.4) is 0 Å². The summed E-state index contributed by atoms with van der Waals surface area (Å²) in [6.45, 7) is 1.50. The van der Waals surface area contributed by atoms with Crippen LogP contribution in [-0.2, 0) is 15.3 Å². The van der Waals surface area contributed by atoms with Crippen molar-refractivity contribution in [2.24, 2.45) is 0 Å². The van der Waals surface area contributed by atoms with E-state index in [2.05, 4.69) is 44.0 Å². The van der Waals surface area contributed by atoms with Gasteiger partial charge in [-0.3, -0.25) is 0 Å². The maximum Gasteiger partial charge on any atom is 0.225 e. The van der Waals surface area contributed by atoms with Crippen LogP contribution in [0.4, 0.5) is 0 Å². The van der Waals surface area contributed by atoms with E-state index in [1.807, 2.05) is 0 Å². The Kier molecular flexibility index (Phi) is 2.77. The third kappa shape index (κ3) is 1.50. The minimum Gasteiger partial charge on any atom is -0.342 e. The van der Waals surface area contributed by atoms with E-state index in [-0.39, 0.29) is 0 Å². The van der Waals surface area contributed by atoms with Gasteiger partial charge in [0, 0.05) is 11.1 Å². The number of hydrogen-bond acceptors (Lipinski definition) is 4. The molecule has 0 radical (unpaired) electrons. The zero-order valence-electron chi connectivity index (χ0n) is 9.16. The zero-order chi connectivity index (χ0) is 12.3. The lowest BCUT2D eigenvalue weighted by atomic mass is 10.1. The number of rotatable bonds is 0. The van der Waals surface area contributed by atoms with Gasteiger partial charge in [0.1, 0.15) is 0 Å². The summed E-state index contributed by atoms with van der Waals surface area (Å²) < 4.78 is 14.4. The molecular formula is C12H8Br2O2S2. The van der Waals surface area contributed by atoms with Crippen molar-refractivity contribution in [1.82, 2.24) is 0 Å². The van der Waals surface area contributed by atoms with E-state index in [9.17, 15) is 0 Å². The van der Waals surface area contributed by atoms with Crippen molar-refractivity contribution in [1.29, 1.82) is 0 Å². The van der Waals surface area contributed by atoms with Crippen LogP contribution < -0.4 is 0 Å². The van der Waals surface area contributed by atoms with Crippen LogP contribution in [0.2, 0.25) is 0 Å². The van der Waals surface area contributed by atoms with Crippen LogP contribution in [0.15, 0.2) is 19.7 Å². The summed E-state index contributed by atoms with van der Waals surface area (Å²) in [6.07, 6.45) is 0.961. The molecule has 0 saturated carbocycles. The van der Waals surface area contributed by atoms with E-state index in [0.29, 0.717) is 0 Å². The predicted molar refractivity (Wildman–Crippen MR) is 80.3 cm³/mol. The summed E-state index contributed by atoms with van der Waals surface area (Å²) >= 11 is 10.6. The minimum atomic E-state index is -0.659. The third-order valence-corrected chi connectivity index (χ3v) is 6.66. The molecule has 1 aliphatic heterocycles. The molecule has 0 amide bonds. The molecule has 94 valence electrons. The maximum atomic E-state index is 6.06. The lowest BCUT2D eigenvalue weighted by Gasteiger charge is -2.34. The molecule has 0 aromatic carbocycles. The van der Waals surface area contributed by atoms with Gasteiger partial charge in [0.25, 0.3) is 0 Å². The Morgan fingerprint density at radius 2 is 1.44 bits per heavy atom. The van der Waals surface area contributed by atoms with Gasteiger partial charge in [0.15, 0.2) is 0 Å². The zero-order valence-corrected chi connectivity index (χ0v) is 14.0. The van der Waals surface area contributed by atoms with Crippen molar-refractivity contribution in [3.05, 3.63) is 30.8 Å². The number of hydrogen-bond donors (Lipinski definition) is 0. The van der Waals surface area contributed by atoms with Gasteiger partial charge in [-0.2, -0.15) is 0 Å². The van der Waals surface area contributed by atoms with Gasteiger partial charge >= 0.3 is 0 Å². The van der Waals surface area contributed by atoms with Crippen molar-refractivity contribution in [2.45, 2.75) is 12.2 Å². The average Bonchev–Trinajstić information content (AvgIpc) is 2.97. The van der Waals surface area contributed by atoms with Gasteiger partial charge in [-0.05, 0) is 50.4 Å². The van der Waals surface area contributed by atoms with Gasteiger partial charge < -0.3 is 9.47 Å². The van der Waals surface area contributed by atoms with E-state index in [4.69, 9.17) is 9.47 Å². The fourth-order valence-corrected chi connectivity index (χ4v) is 5.97. The maximum absolute atomic E-state index is 6.06. The highest BCUT2D eigenvalue weighted by molar-refractivity contribution is 9.11. The minimum absolute atomic E-state index is 0.659. The summed E-state index contributed by atoms with van der Waals surface area (Å²) in [5, 5.41) is 0. The Morgan fingerprint density at radius 3 is 1.94 bits per heavy atom. The van der Waals surface area contributed by atoms with Crippen molar-refractivity contribution in [3.63, 3.8) is 0 Å². The molecule has 4 rings (SSSR count). The number of halogens is 2. The lowest BCUT2D eigenvalue weighted by molar-refractivity contribution is -0.246. The molecule has 2 aromatic rings. The molecule has 2 nitrogen and oxygen atoms in total. The predicted octanol–water partition coefficient (Wildman–Crippen LogP) is 4.95. The molecule has 18 heavy (non-hydrogen) atoms. The van der Waals surface area contributed by atoms with Gasteiger partial charge in [-0.15, -0.1) is 22.7 Å². The van der Waals surface area contributed by atoms with E-state index >= 15 is 0 Å². The Bertz CT molecular complexity index is 578. The van der Waals surface area contributed by atoms with Crippen LogP contribution >= 0.6 is 54.5 Å². The monoisotopic (exact) mass is 406 g/mol. The Labute approximate surface area is 129 Å². The largest absolute Gasteiger partial charge is 0.342 e. The summed E-state index contributed by atoms with van der Waals surface area (Å²) in [5.41, 5.74) is 2.32. The summed E-state index contributed by atoms with van der Waals surface area (Å²) in [4.78, 5) is 2.55. The summed E-state index contributed by atoms with van der Waals surface area (Å²) in [5.74, 6) is -0.659. The first-order chi connectivity index (χ1) is 8.71. The molecule has 0 unspecified atom stereocenters. The average molecular weight is 408 g/mol. The highest BCUT2D eigenvalue weighted by atomic mass is 79.9. The van der Waals surface area contributed by atoms with Gasteiger partial charge in [-0.25, -0.2) is 0 Å². The highest BCUT2D eigenvalue weighted by Gasteiger charge is 2.49. The van der Waals surface area contributed by atoms with Gasteiger partial charge in [0.05, 0.1) is 30.5 Å². The second-order valence-corrected chi connectivity index (χ2v) is 9.12. The van der Waals surface area contributed by atoms with Crippen LogP contribution in [0.5, 0.6) is 0 Å². The normalized spacial score (nSPS) is 20.1. The molecule has 6 heteroatoms. The molecule has 0 bridgehead atoms. The molecule has 2 aromatic heterocycles. The first-order valence-electron chi connectivity index (χ1n) is 5.58. The van der Waals surface area contributed by atoms with Crippen LogP contribution in [0.25, 0.3) is 9.75 Å². The second-order valence-electron chi connectivity index (χ2n) is 4.25.